The molecule has 2 aromatic rings. The first kappa shape index (κ1) is 17.0. The molecule has 1 fully saturated rings. The number of hydrogen-bond acceptors (Lipinski definition) is 2. The van der Waals surface area contributed by atoms with Gasteiger partial charge >= 0.3 is 0 Å². The monoisotopic (exact) mass is 363 g/mol. The number of benzene rings is 2. The third kappa shape index (κ3) is 4.36. The summed E-state index contributed by atoms with van der Waals surface area (Å²) in [4.78, 5) is 4.50. The molecule has 3 nitrogen and oxygen atoms in total. The highest BCUT2D eigenvalue weighted by Gasteiger charge is 2.18. The van der Waals surface area contributed by atoms with Gasteiger partial charge in [0.05, 0.1) is 0 Å². The molecule has 0 radical (unpaired) electrons. The van der Waals surface area contributed by atoms with Gasteiger partial charge in [0.25, 0.3) is 0 Å². The molecule has 0 amide bonds. The standard InChI is InChI=1S/C18H19ClFN3S/c19-15-3-7-17(8-4-15)22-9-11-23(12-10-22)18(24)21-13-14-1-5-16(20)6-2-14/h1-8H,9-13H2,(H,21,24). The summed E-state index contributed by atoms with van der Waals surface area (Å²) in [6.45, 7) is 4.19. The summed E-state index contributed by atoms with van der Waals surface area (Å²) in [7, 11) is 0. The van der Waals surface area contributed by atoms with Gasteiger partial charge < -0.3 is 15.1 Å². The van der Waals surface area contributed by atoms with Crippen LogP contribution in [-0.4, -0.2) is 36.2 Å². The van der Waals surface area contributed by atoms with Crippen LogP contribution in [0.4, 0.5) is 10.1 Å². The third-order valence-corrected chi connectivity index (χ3v) is 4.77. The molecule has 0 aromatic heterocycles. The molecule has 0 saturated carbocycles. The van der Waals surface area contributed by atoms with E-state index in [2.05, 4.69) is 15.1 Å². The summed E-state index contributed by atoms with van der Waals surface area (Å²) in [5.41, 5.74) is 2.20. The second kappa shape index (κ2) is 7.81. The summed E-state index contributed by atoms with van der Waals surface area (Å²) in [5, 5.41) is 4.75. The van der Waals surface area contributed by atoms with E-state index in [0.29, 0.717) is 6.54 Å². The lowest BCUT2D eigenvalue weighted by Gasteiger charge is -2.37. The minimum Gasteiger partial charge on any atom is -0.368 e. The van der Waals surface area contributed by atoms with Crippen LogP contribution in [0.3, 0.4) is 0 Å². The predicted octanol–water partition coefficient (Wildman–Crippen LogP) is 3.68. The van der Waals surface area contributed by atoms with E-state index in [1.165, 1.54) is 17.8 Å². The van der Waals surface area contributed by atoms with E-state index in [1.54, 1.807) is 12.1 Å². The van der Waals surface area contributed by atoms with Crippen LogP contribution < -0.4 is 10.2 Å². The number of anilines is 1. The Morgan fingerprint density at radius 3 is 2.25 bits per heavy atom. The van der Waals surface area contributed by atoms with Gasteiger partial charge in [0.2, 0.25) is 0 Å². The average Bonchev–Trinajstić information content (AvgIpc) is 2.62. The van der Waals surface area contributed by atoms with Crippen LogP contribution >= 0.6 is 23.8 Å². The fraction of sp³-hybridized carbons (Fsp3) is 0.278. The molecule has 6 heteroatoms. The fourth-order valence-corrected chi connectivity index (χ4v) is 3.09. The molecule has 126 valence electrons. The van der Waals surface area contributed by atoms with Gasteiger partial charge in [-0.3, -0.25) is 0 Å². The average molecular weight is 364 g/mol. The van der Waals surface area contributed by atoms with E-state index >= 15 is 0 Å². The Morgan fingerprint density at radius 1 is 1.00 bits per heavy atom. The highest BCUT2D eigenvalue weighted by atomic mass is 35.5. The van der Waals surface area contributed by atoms with Crippen molar-refractivity contribution in [3.63, 3.8) is 0 Å². The van der Waals surface area contributed by atoms with Crippen molar-refractivity contribution in [3.05, 3.63) is 64.9 Å². The number of hydrogen-bond donors (Lipinski definition) is 1. The van der Waals surface area contributed by atoms with Crippen molar-refractivity contribution in [2.45, 2.75) is 6.54 Å². The molecule has 1 aliphatic rings. The molecular formula is C18H19ClFN3S. The molecular weight excluding hydrogens is 345 g/mol. The van der Waals surface area contributed by atoms with Crippen molar-refractivity contribution in [1.29, 1.82) is 0 Å². The number of nitrogens with zero attached hydrogens (tertiary/aromatic N) is 2. The first-order chi connectivity index (χ1) is 11.6. The lowest BCUT2D eigenvalue weighted by Crippen LogP contribution is -2.51. The number of nitrogens with one attached hydrogen (secondary N) is 1. The zero-order valence-corrected chi connectivity index (χ0v) is 14.8. The van der Waals surface area contributed by atoms with Gasteiger partial charge in [0.1, 0.15) is 5.82 Å². The minimum atomic E-state index is -0.223. The van der Waals surface area contributed by atoms with Gasteiger partial charge in [-0.2, -0.15) is 0 Å². The topological polar surface area (TPSA) is 18.5 Å². The van der Waals surface area contributed by atoms with Crippen molar-refractivity contribution in [2.24, 2.45) is 0 Å². The van der Waals surface area contributed by atoms with E-state index in [4.69, 9.17) is 23.8 Å². The Hall–Kier alpha value is -1.85. The lowest BCUT2D eigenvalue weighted by atomic mass is 10.2. The molecule has 1 N–H and O–H groups in total. The maximum Gasteiger partial charge on any atom is 0.169 e. The second-order valence-electron chi connectivity index (χ2n) is 5.74. The Balaban J connectivity index is 1.48. The SMILES string of the molecule is Fc1ccc(CNC(=S)N2CCN(c3ccc(Cl)cc3)CC2)cc1. The Labute approximate surface area is 152 Å². The maximum absolute atomic E-state index is 12.9. The van der Waals surface area contributed by atoms with Crippen molar-refractivity contribution in [3.8, 4) is 0 Å². The molecule has 3 rings (SSSR count). The Morgan fingerprint density at radius 2 is 1.62 bits per heavy atom. The smallest absolute Gasteiger partial charge is 0.169 e. The van der Waals surface area contributed by atoms with Gasteiger partial charge in [0.15, 0.2) is 5.11 Å². The zero-order valence-electron chi connectivity index (χ0n) is 13.2. The Kier molecular flexibility index (Phi) is 5.53. The summed E-state index contributed by atoms with van der Waals surface area (Å²) in [5.74, 6) is -0.223. The normalized spacial score (nSPS) is 14.6. The summed E-state index contributed by atoms with van der Waals surface area (Å²) in [6, 6.07) is 14.4. The molecule has 0 unspecified atom stereocenters. The van der Waals surface area contributed by atoms with Crippen LogP contribution in [0.2, 0.25) is 5.02 Å². The van der Waals surface area contributed by atoms with Gasteiger partial charge in [-0.25, -0.2) is 4.39 Å². The molecule has 0 spiro atoms. The van der Waals surface area contributed by atoms with Crippen LogP contribution in [-0.2, 0) is 6.54 Å². The first-order valence-corrected chi connectivity index (χ1v) is 8.68. The van der Waals surface area contributed by atoms with E-state index in [-0.39, 0.29) is 5.82 Å². The highest BCUT2D eigenvalue weighted by molar-refractivity contribution is 7.80. The van der Waals surface area contributed by atoms with Gasteiger partial charge in [-0.1, -0.05) is 23.7 Å². The number of rotatable bonds is 3. The van der Waals surface area contributed by atoms with E-state index in [0.717, 1.165) is 41.9 Å². The molecule has 0 aliphatic carbocycles. The molecule has 1 saturated heterocycles. The van der Waals surface area contributed by atoms with Gasteiger partial charge in [-0.15, -0.1) is 0 Å². The number of thiocarbonyl (C=S) groups is 1. The summed E-state index contributed by atoms with van der Waals surface area (Å²) in [6.07, 6.45) is 0. The van der Waals surface area contributed by atoms with Gasteiger partial charge in [-0.05, 0) is 54.2 Å². The minimum absolute atomic E-state index is 0.223. The van der Waals surface area contributed by atoms with Crippen molar-refractivity contribution < 1.29 is 4.39 Å². The highest BCUT2D eigenvalue weighted by Crippen LogP contribution is 2.19. The van der Waals surface area contributed by atoms with E-state index in [1.807, 2.05) is 24.3 Å². The predicted molar refractivity (Wildman–Crippen MR) is 101 cm³/mol. The number of halogens is 2. The molecule has 0 atom stereocenters. The quantitative estimate of drug-likeness (QED) is 0.838. The third-order valence-electron chi connectivity index (χ3n) is 4.12. The number of piperazine rings is 1. The molecule has 0 bridgehead atoms. The van der Waals surface area contributed by atoms with Crippen molar-refractivity contribution in [2.75, 3.05) is 31.1 Å². The van der Waals surface area contributed by atoms with Gasteiger partial charge in [0, 0.05) is 43.4 Å². The van der Waals surface area contributed by atoms with Crippen LogP contribution in [0.25, 0.3) is 0 Å². The fourth-order valence-electron chi connectivity index (χ4n) is 2.71. The van der Waals surface area contributed by atoms with Crippen molar-refractivity contribution in [1.82, 2.24) is 10.2 Å². The largest absolute Gasteiger partial charge is 0.368 e. The molecule has 1 aliphatic heterocycles. The van der Waals surface area contributed by atoms with Crippen LogP contribution in [0.15, 0.2) is 48.5 Å². The second-order valence-corrected chi connectivity index (χ2v) is 6.56. The molecule has 24 heavy (non-hydrogen) atoms. The van der Waals surface area contributed by atoms with Crippen LogP contribution in [0.1, 0.15) is 5.56 Å². The van der Waals surface area contributed by atoms with E-state index < -0.39 is 0 Å². The first-order valence-electron chi connectivity index (χ1n) is 7.89. The zero-order chi connectivity index (χ0) is 16.9. The van der Waals surface area contributed by atoms with Crippen molar-refractivity contribution >= 4 is 34.6 Å². The summed E-state index contributed by atoms with van der Waals surface area (Å²) >= 11 is 11.4. The molecule has 2 aromatic carbocycles. The summed E-state index contributed by atoms with van der Waals surface area (Å²) < 4.78 is 12.9. The van der Waals surface area contributed by atoms with Crippen LogP contribution in [0, 0.1) is 5.82 Å². The molecule has 1 heterocycles. The maximum atomic E-state index is 12.9. The van der Waals surface area contributed by atoms with Crippen LogP contribution in [0.5, 0.6) is 0 Å². The Bertz CT molecular complexity index is 682. The van der Waals surface area contributed by atoms with E-state index in [9.17, 15) is 4.39 Å². The lowest BCUT2D eigenvalue weighted by molar-refractivity contribution is 0.380.